The summed E-state index contributed by atoms with van der Waals surface area (Å²) in [6.45, 7) is 3.83. The Bertz CT molecular complexity index is 811. The van der Waals surface area contributed by atoms with Crippen molar-refractivity contribution < 1.29 is 4.74 Å². The van der Waals surface area contributed by atoms with Gasteiger partial charge in [0.15, 0.2) is 0 Å². The molecule has 1 fully saturated rings. The number of nitrogens with zero attached hydrogens (tertiary/aromatic N) is 4. The molecule has 0 radical (unpaired) electrons. The molecule has 0 spiro atoms. The molecule has 0 aromatic carbocycles. The zero-order valence-corrected chi connectivity index (χ0v) is 13.8. The van der Waals surface area contributed by atoms with Gasteiger partial charge in [0.2, 0.25) is 5.88 Å². The first kappa shape index (κ1) is 14.4. The van der Waals surface area contributed by atoms with E-state index >= 15 is 0 Å². The molecule has 0 amide bonds. The molecular formula is C17H18N4OS. The molecule has 0 atom stereocenters. The van der Waals surface area contributed by atoms with E-state index < -0.39 is 0 Å². The number of rotatable bonds is 3. The summed E-state index contributed by atoms with van der Waals surface area (Å²) < 4.78 is 7.27. The van der Waals surface area contributed by atoms with Gasteiger partial charge in [-0.15, -0.1) is 11.3 Å². The predicted molar refractivity (Wildman–Crippen MR) is 92.3 cm³/mol. The van der Waals surface area contributed by atoms with E-state index in [-0.39, 0.29) is 6.10 Å². The largest absolute Gasteiger partial charge is 0.473 e. The summed E-state index contributed by atoms with van der Waals surface area (Å²) in [6, 6.07) is 4.24. The van der Waals surface area contributed by atoms with Gasteiger partial charge in [-0.05, 0) is 24.4 Å². The second kappa shape index (κ2) is 6.12. The van der Waals surface area contributed by atoms with E-state index in [2.05, 4.69) is 37.4 Å². The van der Waals surface area contributed by atoms with E-state index in [9.17, 15) is 0 Å². The third kappa shape index (κ3) is 2.99. The van der Waals surface area contributed by atoms with Crippen molar-refractivity contribution >= 4 is 27.2 Å². The maximum absolute atomic E-state index is 5.97. The number of fused-ring (bicyclic) bond motifs is 1. The fraction of sp³-hybridized carbons (Fsp3) is 0.353. The Morgan fingerprint density at radius 3 is 2.91 bits per heavy atom. The topological polar surface area (TPSA) is 51.1 Å². The van der Waals surface area contributed by atoms with Crippen LogP contribution in [0.5, 0.6) is 5.88 Å². The summed E-state index contributed by atoms with van der Waals surface area (Å²) in [5, 5.41) is 3.38. The third-order valence-corrected chi connectivity index (χ3v) is 5.00. The van der Waals surface area contributed by atoms with Crippen LogP contribution in [0, 0.1) is 6.92 Å². The number of hydrogen-bond donors (Lipinski definition) is 0. The fourth-order valence-corrected chi connectivity index (χ4v) is 3.76. The number of hydrogen-bond acceptors (Lipinski definition) is 6. The van der Waals surface area contributed by atoms with E-state index in [1.165, 1.54) is 10.1 Å². The molecule has 0 bridgehead atoms. The highest BCUT2D eigenvalue weighted by Gasteiger charge is 2.23. The van der Waals surface area contributed by atoms with Crippen molar-refractivity contribution in [3.63, 3.8) is 0 Å². The third-order valence-electron chi connectivity index (χ3n) is 4.12. The monoisotopic (exact) mass is 326 g/mol. The van der Waals surface area contributed by atoms with Gasteiger partial charge >= 0.3 is 0 Å². The van der Waals surface area contributed by atoms with Crippen molar-refractivity contribution in [3.8, 4) is 5.88 Å². The maximum atomic E-state index is 5.97. The van der Waals surface area contributed by atoms with Crippen LogP contribution in [0.2, 0.25) is 0 Å². The van der Waals surface area contributed by atoms with Gasteiger partial charge in [-0.1, -0.05) is 0 Å². The highest BCUT2D eigenvalue weighted by atomic mass is 32.1. The summed E-state index contributed by atoms with van der Waals surface area (Å²) >= 11 is 1.76. The number of thiophene rings is 1. The van der Waals surface area contributed by atoms with Crippen LogP contribution in [0.4, 0.5) is 5.82 Å². The van der Waals surface area contributed by atoms with Gasteiger partial charge in [0.1, 0.15) is 11.9 Å². The molecule has 6 heteroatoms. The first-order chi connectivity index (χ1) is 11.3. The van der Waals surface area contributed by atoms with Crippen LogP contribution in [0.1, 0.15) is 18.5 Å². The molecule has 3 aromatic rings. The summed E-state index contributed by atoms with van der Waals surface area (Å²) in [5.74, 6) is 1.72. The standard InChI is InChI=1S/C17H18N4OS/c1-12-10-18-11-16(20-12)22-13-3-7-21(8-4-13)17-14-5-9-23-15(14)2-6-19-17/h2,5-6,9-11,13H,3-4,7-8H2,1H3. The fourth-order valence-electron chi connectivity index (χ4n) is 2.99. The second-order valence-corrected chi connectivity index (χ2v) is 6.72. The van der Waals surface area contributed by atoms with Gasteiger partial charge in [-0.3, -0.25) is 4.98 Å². The average Bonchev–Trinajstić information content (AvgIpc) is 3.04. The Kier molecular flexibility index (Phi) is 3.83. The van der Waals surface area contributed by atoms with Crippen molar-refractivity contribution in [3.05, 3.63) is 41.8 Å². The lowest BCUT2D eigenvalue weighted by atomic mass is 10.1. The minimum Gasteiger partial charge on any atom is -0.473 e. The molecule has 0 unspecified atom stereocenters. The molecule has 1 aliphatic heterocycles. The smallest absolute Gasteiger partial charge is 0.232 e. The van der Waals surface area contributed by atoms with Gasteiger partial charge < -0.3 is 9.64 Å². The molecule has 1 aliphatic rings. The lowest BCUT2D eigenvalue weighted by Gasteiger charge is -2.33. The predicted octanol–water partition coefficient (Wildman–Crippen LogP) is 3.44. The molecular weight excluding hydrogens is 308 g/mol. The molecule has 4 rings (SSSR count). The quantitative estimate of drug-likeness (QED) is 0.738. The molecule has 4 heterocycles. The normalized spacial score (nSPS) is 16.0. The summed E-state index contributed by atoms with van der Waals surface area (Å²) in [7, 11) is 0. The molecule has 23 heavy (non-hydrogen) atoms. The first-order valence-corrected chi connectivity index (χ1v) is 8.70. The van der Waals surface area contributed by atoms with Crippen molar-refractivity contribution in [1.29, 1.82) is 0 Å². The van der Waals surface area contributed by atoms with Crippen molar-refractivity contribution in [1.82, 2.24) is 15.0 Å². The first-order valence-electron chi connectivity index (χ1n) is 7.82. The lowest BCUT2D eigenvalue weighted by molar-refractivity contribution is 0.163. The number of aromatic nitrogens is 3. The van der Waals surface area contributed by atoms with Crippen LogP contribution >= 0.6 is 11.3 Å². The molecule has 1 saturated heterocycles. The minimum absolute atomic E-state index is 0.198. The van der Waals surface area contributed by atoms with Gasteiger partial charge in [0.25, 0.3) is 0 Å². The van der Waals surface area contributed by atoms with Crippen LogP contribution in [0.25, 0.3) is 10.1 Å². The van der Waals surface area contributed by atoms with Crippen LogP contribution in [-0.2, 0) is 0 Å². The molecule has 5 nitrogen and oxygen atoms in total. The average molecular weight is 326 g/mol. The van der Waals surface area contributed by atoms with Crippen LogP contribution in [-0.4, -0.2) is 34.1 Å². The van der Waals surface area contributed by atoms with E-state index in [0.717, 1.165) is 37.4 Å². The lowest BCUT2D eigenvalue weighted by Crippen LogP contribution is -2.38. The molecule has 0 saturated carbocycles. The molecule has 0 N–H and O–H groups in total. The van der Waals surface area contributed by atoms with E-state index in [1.54, 1.807) is 23.7 Å². The number of aryl methyl sites for hydroxylation is 1. The van der Waals surface area contributed by atoms with E-state index in [1.807, 2.05) is 13.1 Å². The van der Waals surface area contributed by atoms with Crippen molar-refractivity contribution in [2.75, 3.05) is 18.0 Å². The molecule has 3 aromatic heterocycles. The van der Waals surface area contributed by atoms with Gasteiger partial charge in [0.05, 0.1) is 11.9 Å². The highest BCUT2D eigenvalue weighted by molar-refractivity contribution is 7.17. The van der Waals surface area contributed by atoms with Crippen LogP contribution < -0.4 is 9.64 Å². The highest BCUT2D eigenvalue weighted by Crippen LogP contribution is 2.30. The van der Waals surface area contributed by atoms with E-state index in [4.69, 9.17) is 4.74 Å². The Hall–Kier alpha value is -2.21. The Morgan fingerprint density at radius 2 is 2.09 bits per heavy atom. The zero-order chi connectivity index (χ0) is 15.6. The van der Waals surface area contributed by atoms with Gasteiger partial charge in [-0.25, -0.2) is 9.97 Å². The molecule has 0 aliphatic carbocycles. The second-order valence-electron chi connectivity index (χ2n) is 5.77. The summed E-state index contributed by atoms with van der Waals surface area (Å²) in [4.78, 5) is 15.5. The maximum Gasteiger partial charge on any atom is 0.232 e. The Labute approximate surface area is 139 Å². The summed E-state index contributed by atoms with van der Waals surface area (Å²) in [5.41, 5.74) is 0.883. The Balaban J connectivity index is 1.44. The Morgan fingerprint density at radius 1 is 1.22 bits per heavy atom. The van der Waals surface area contributed by atoms with Gasteiger partial charge in [0, 0.05) is 48.4 Å². The molecule has 118 valence electrons. The zero-order valence-electron chi connectivity index (χ0n) is 13.0. The SMILES string of the molecule is Cc1cncc(OC2CCN(c3nccc4sccc34)CC2)n1. The van der Waals surface area contributed by atoms with Crippen molar-refractivity contribution in [2.45, 2.75) is 25.9 Å². The van der Waals surface area contributed by atoms with Gasteiger partial charge in [-0.2, -0.15) is 0 Å². The van der Waals surface area contributed by atoms with Crippen LogP contribution in [0.15, 0.2) is 36.1 Å². The van der Waals surface area contributed by atoms with E-state index in [0.29, 0.717) is 5.88 Å². The minimum atomic E-state index is 0.198. The van der Waals surface area contributed by atoms with Crippen molar-refractivity contribution in [2.24, 2.45) is 0 Å². The summed E-state index contributed by atoms with van der Waals surface area (Å²) in [6.07, 6.45) is 7.47. The number of piperidine rings is 1. The number of ether oxygens (including phenoxy) is 1. The number of anilines is 1. The number of pyridine rings is 1. The van der Waals surface area contributed by atoms with Crippen LogP contribution in [0.3, 0.4) is 0 Å².